The Balaban J connectivity index is 1.91. The minimum absolute atomic E-state index is 0.485. The van der Waals surface area contributed by atoms with Crippen LogP contribution in [0.5, 0.6) is 5.75 Å². The molecule has 0 radical (unpaired) electrons. The van der Waals surface area contributed by atoms with Crippen molar-refractivity contribution in [3.63, 3.8) is 0 Å². The number of nitrogens with one attached hydrogen (secondary N) is 1. The Kier molecular flexibility index (Phi) is 4.09. The lowest BCUT2D eigenvalue weighted by Crippen LogP contribution is -2.22. The molecule has 0 aliphatic heterocycles. The van der Waals surface area contributed by atoms with Crippen LogP contribution in [0.2, 0.25) is 0 Å². The molecule has 0 spiro atoms. The molecule has 2 aromatic rings. The number of amides is 1. The number of hydrogen-bond acceptors (Lipinski definition) is 4. The van der Waals surface area contributed by atoms with Gasteiger partial charge in [0.15, 0.2) is 0 Å². The van der Waals surface area contributed by atoms with E-state index in [1.54, 1.807) is 35.6 Å². The van der Waals surface area contributed by atoms with Gasteiger partial charge in [-0.25, -0.2) is 10.2 Å². The maximum absolute atomic E-state index is 11.4. The van der Waals surface area contributed by atoms with Gasteiger partial charge in [0.05, 0.1) is 5.71 Å². The summed E-state index contributed by atoms with van der Waals surface area (Å²) >= 11 is 1.56. The molecule has 5 heteroatoms. The summed E-state index contributed by atoms with van der Waals surface area (Å²) < 4.78 is 5.03. The first kappa shape index (κ1) is 12.3. The zero-order valence-corrected chi connectivity index (χ0v) is 10.6. The number of para-hydroxylation sites is 1. The van der Waals surface area contributed by atoms with Crippen molar-refractivity contribution in [2.45, 2.75) is 6.92 Å². The van der Waals surface area contributed by atoms with E-state index in [1.807, 2.05) is 30.5 Å². The van der Waals surface area contributed by atoms with Crippen LogP contribution in [0.25, 0.3) is 0 Å². The first-order valence-corrected chi connectivity index (χ1v) is 6.25. The molecule has 0 aliphatic carbocycles. The molecule has 0 fully saturated rings. The van der Waals surface area contributed by atoms with E-state index in [4.69, 9.17) is 4.74 Å². The van der Waals surface area contributed by atoms with Gasteiger partial charge in [0.2, 0.25) is 0 Å². The summed E-state index contributed by atoms with van der Waals surface area (Å²) in [6.45, 7) is 1.83. The molecule has 1 aromatic heterocycles. The van der Waals surface area contributed by atoms with Gasteiger partial charge in [0.1, 0.15) is 5.75 Å². The van der Waals surface area contributed by atoms with E-state index in [2.05, 4.69) is 10.5 Å². The first-order chi connectivity index (χ1) is 8.75. The second kappa shape index (κ2) is 5.97. The minimum Gasteiger partial charge on any atom is -0.409 e. The van der Waals surface area contributed by atoms with Crippen LogP contribution < -0.4 is 10.2 Å². The van der Waals surface area contributed by atoms with Gasteiger partial charge in [0, 0.05) is 4.88 Å². The van der Waals surface area contributed by atoms with Crippen molar-refractivity contribution in [3.05, 3.63) is 52.7 Å². The number of benzene rings is 1. The Hall–Kier alpha value is -2.14. The molecule has 0 unspecified atom stereocenters. The SMILES string of the molecule is CC(=NNC(=O)Oc1ccccc1)c1cccs1. The Morgan fingerprint density at radius 1 is 1.22 bits per heavy atom. The minimum atomic E-state index is -0.600. The van der Waals surface area contributed by atoms with Gasteiger partial charge in [-0.05, 0) is 30.5 Å². The second-order valence-corrected chi connectivity index (χ2v) is 4.44. The van der Waals surface area contributed by atoms with E-state index in [9.17, 15) is 4.79 Å². The van der Waals surface area contributed by atoms with Gasteiger partial charge < -0.3 is 4.74 Å². The van der Waals surface area contributed by atoms with E-state index in [1.165, 1.54) is 0 Å². The maximum Gasteiger partial charge on any atom is 0.433 e. The highest BCUT2D eigenvalue weighted by Crippen LogP contribution is 2.10. The summed E-state index contributed by atoms with van der Waals surface area (Å²) in [6.07, 6.45) is -0.600. The third-order valence-electron chi connectivity index (χ3n) is 2.15. The number of ether oxygens (including phenoxy) is 1. The highest BCUT2D eigenvalue weighted by Gasteiger charge is 2.03. The molecule has 92 valence electrons. The predicted octanol–water partition coefficient (Wildman–Crippen LogP) is 3.26. The summed E-state index contributed by atoms with van der Waals surface area (Å²) in [6, 6.07) is 12.7. The molecule has 1 amide bonds. The highest BCUT2D eigenvalue weighted by molar-refractivity contribution is 7.12. The molecule has 4 nitrogen and oxygen atoms in total. The van der Waals surface area contributed by atoms with E-state index < -0.39 is 6.09 Å². The molecule has 18 heavy (non-hydrogen) atoms. The van der Waals surface area contributed by atoms with Gasteiger partial charge in [0.25, 0.3) is 0 Å². The van der Waals surface area contributed by atoms with Crippen molar-refractivity contribution >= 4 is 23.1 Å². The lowest BCUT2D eigenvalue weighted by molar-refractivity contribution is 0.201. The van der Waals surface area contributed by atoms with Crippen LogP contribution in [-0.4, -0.2) is 11.8 Å². The topological polar surface area (TPSA) is 50.7 Å². The molecule has 1 heterocycles. The second-order valence-electron chi connectivity index (χ2n) is 3.49. The van der Waals surface area contributed by atoms with E-state index in [-0.39, 0.29) is 0 Å². The van der Waals surface area contributed by atoms with Crippen LogP contribution in [-0.2, 0) is 0 Å². The van der Waals surface area contributed by atoms with Gasteiger partial charge >= 0.3 is 6.09 Å². The fourth-order valence-electron chi connectivity index (χ4n) is 1.29. The molecule has 0 aliphatic rings. The average Bonchev–Trinajstić information content (AvgIpc) is 2.91. The van der Waals surface area contributed by atoms with Crippen molar-refractivity contribution in [2.24, 2.45) is 5.10 Å². The van der Waals surface area contributed by atoms with Gasteiger partial charge in [-0.3, -0.25) is 0 Å². The summed E-state index contributed by atoms with van der Waals surface area (Å²) in [5.41, 5.74) is 3.10. The van der Waals surface area contributed by atoms with Gasteiger partial charge in [-0.15, -0.1) is 11.3 Å². The quantitative estimate of drug-likeness (QED) is 0.680. The largest absolute Gasteiger partial charge is 0.433 e. The lowest BCUT2D eigenvalue weighted by atomic mass is 10.3. The molecular formula is C13H12N2O2S. The van der Waals surface area contributed by atoms with Crippen molar-refractivity contribution < 1.29 is 9.53 Å². The number of carbonyl (C=O) groups is 1. The molecule has 0 atom stereocenters. The molecule has 0 saturated heterocycles. The number of nitrogens with zero attached hydrogens (tertiary/aromatic N) is 1. The van der Waals surface area contributed by atoms with Crippen molar-refractivity contribution in [1.82, 2.24) is 5.43 Å². The Bertz CT molecular complexity index is 535. The summed E-state index contributed by atoms with van der Waals surface area (Å²) in [5, 5.41) is 5.92. The van der Waals surface area contributed by atoms with E-state index in [0.29, 0.717) is 5.75 Å². The van der Waals surface area contributed by atoms with Crippen LogP contribution in [0.1, 0.15) is 11.8 Å². The third-order valence-corrected chi connectivity index (χ3v) is 3.13. The van der Waals surface area contributed by atoms with Crippen LogP contribution in [0.3, 0.4) is 0 Å². The van der Waals surface area contributed by atoms with Crippen molar-refractivity contribution in [1.29, 1.82) is 0 Å². The third kappa shape index (κ3) is 3.43. The van der Waals surface area contributed by atoms with Crippen LogP contribution in [0.15, 0.2) is 52.9 Å². The monoisotopic (exact) mass is 260 g/mol. The zero-order chi connectivity index (χ0) is 12.8. The normalized spacial score (nSPS) is 11.1. The lowest BCUT2D eigenvalue weighted by Gasteiger charge is -2.03. The van der Waals surface area contributed by atoms with Gasteiger partial charge in [-0.1, -0.05) is 24.3 Å². The Labute approximate surface area is 109 Å². The zero-order valence-electron chi connectivity index (χ0n) is 9.79. The number of carbonyl (C=O) groups excluding carboxylic acids is 1. The molecule has 1 aromatic carbocycles. The smallest absolute Gasteiger partial charge is 0.409 e. The van der Waals surface area contributed by atoms with Crippen LogP contribution in [0, 0.1) is 0 Å². The highest BCUT2D eigenvalue weighted by atomic mass is 32.1. The Morgan fingerprint density at radius 3 is 2.67 bits per heavy atom. The summed E-state index contributed by atoms with van der Waals surface area (Å²) in [4.78, 5) is 12.5. The Morgan fingerprint density at radius 2 is 2.00 bits per heavy atom. The predicted molar refractivity (Wildman–Crippen MR) is 72.1 cm³/mol. The van der Waals surface area contributed by atoms with E-state index >= 15 is 0 Å². The fraction of sp³-hybridized carbons (Fsp3) is 0.0769. The number of hydrogen-bond donors (Lipinski definition) is 1. The maximum atomic E-state index is 11.4. The average molecular weight is 260 g/mol. The van der Waals surface area contributed by atoms with Crippen molar-refractivity contribution in [3.8, 4) is 5.75 Å². The molecule has 1 N–H and O–H groups in total. The number of hydrazone groups is 1. The number of rotatable bonds is 3. The van der Waals surface area contributed by atoms with Crippen molar-refractivity contribution in [2.75, 3.05) is 0 Å². The summed E-state index contributed by atoms with van der Waals surface area (Å²) in [5.74, 6) is 0.485. The molecule has 0 saturated carbocycles. The molecular weight excluding hydrogens is 248 g/mol. The molecule has 2 rings (SSSR count). The summed E-state index contributed by atoms with van der Waals surface area (Å²) in [7, 11) is 0. The number of thiophene rings is 1. The fourth-order valence-corrected chi connectivity index (χ4v) is 1.96. The first-order valence-electron chi connectivity index (χ1n) is 5.37. The standard InChI is InChI=1S/C13H12N2O2S/c1-10(12-8-5-9-18-12)14-15-13(16)17-11-6-3-2-4-7-11/h2-9H,1H3,(H,15,16). The van der Waals surface area contributed by atoms with Gasteiger partial charge in [-0.2, -0.15) is 5.10 Å². The molecule has 0 bridgehead atoms. The van der Waals surface area contributed by atoms with Crippen LogP contribution in [0.4, 0.5) is 4.79 Å². The van der Waals surface area contributed by atoms with E-state index in [0.717, 1.165) is 10.6 Å². The van der Waals surface area contributed by atoms with Crippen LogP contribution >= 0.6 is 11.3 Å².